The predicted octanol–water partition coefficient (Wildman–Crippen LogP) is 3.61. The molecule has 1 aromatic carbocycles. The number of hydrogen-bond acceptors (Lipinski definition) is 7. The molecule has 32 heavy (non-hydrogen) atoms. The lowest BCUT2D eigenvalue weighted by Gasteiger charge is -2.27. The molecule has 0 fully saturated rings. The second-order valence-corrected chi connectivity index (χ2v) is 7.70. The third-order valence-electron chi connectivity index (χ3n) is 5.18. The van der Waals surface area contributed by atoms with Crippen molar-refractivity contribution in [3.8, 4) is 11.5 Å². The van der Waals surface area contributed by atoms with E-state index in [0.717, 1.165) is 6.54 Å². The number of aliphatic hydroxyl groups is 1. The van der Waals surface area contributed by atoms with E-state index in [1.165, 1.54) is 17.2 Å². The van der Waals surface area contributed by atoms with E-state index in [1.807, 2.05) is 32.8 Å². The number of furan rings is 1. The van der Waals surface area contributed by atoms with Crippen LogP contribution in [0.3, 0.4) is 0 Å². The second-order valence-electron chi connectivity index (χ2n) is 7.70. The molecule has 1 atom stereocenters. The molecule has 0 aliphatic carbocycles. The van der Waals surface area contributed by atoms with Crippen LogP contribution in [0.25, 0.3) is 0 Å². The van der Waals surface area contributed by atoms with Gasteiger partial charge in [-0.25, -0.2) is 0 Å². The molecule has 8 nitrogen and oxygen atoms in total. The fraction of sp³-hybridized carbons (Fsp3) is 0.417. The maximum Gasteiger partial charge on any atom is 0.290 e. The van der Waals surface area contributed by atoms with Gasteiger partial charge in [0, 0.05) is 6.54 Å². The topological polar surface area (TPSA) is 92.5 Å². The molecule has 2 aromatic rings. The summed E-state index contributed by atoms with van der Waals surface area (Å²) >= 11 is 0. The first-order chi connectivity index (χ1) is 15.4. The van der Waals surface area contributed by atoms with Gasteiger partial charge in [-0.15, -0.1) is 0 Å². The van der Waals surface area contributed by atoms with Gasteiger partial charge in [-0.3, -0.25) is 9.59 Å². The highest BCUT2D eigenvalue weighted by molar-refractivity contribution is 6.15. The number of benzene rings is 1. The van der Waals surface area contributed by atoms with Crippen molar-refractivity contribution in [2.45, 2.75) is 26.3 Å². The van der Waals surface area contributed by atoms with Gasteiger partial charge in [-0.05, 0) is 70.7 Å². The molecular formula is C24H30N2O6. The average molecular weight is 443 g/mol. The first-order valence-electron chi connectivity index (χ1n) is 10.8. The highest BCUT2D eigenvalue weighted by Gasteiger charge is 2.44. The Kier molecular flexibility index (Phi) is 7.58. The molecule has 1 aliphatic heterocycles. The van der Waals surface area contributed by atoms with Crippen molar-refractivity contribution in [2.75, 3.05) is 40.4 Å². The minimum absolute atomic E-state index is 0.00131. The van der Waals surface area contributed by atoms with Crippen LogP contribution >= 0.6 is 0 Å². The SMILES string of the molecule is CCOc1ccc([C@H]2C(C(=O)c3ccco3)=C(O)C(=O)N2CCCN(C)C)cc1OCC. The van der Waals surface area contributed by atoms with Gasteiger partial charge < -0.3 is 28.8 Å². The third-order valence-corrected chi connectivity index (χ3v) is 5.18. The van der Waals surface area contributed by atoms with Crippen molar-refractivity contribution in [1.82, 2.24) is 9.80 Å². The first-order valence-corrected chi connectivity index (χ1v) is 10.8. The van der Waals surface area contributed by atoms with Crippen LogP contribution in [0.4, 0.5) is 0 Å². The summed E-state index contributed by atoms with van der Waals surface area (Å²) in [4.78, 5) is 29.7. The number of carbonyl (C=O) groups is 2. The van der Waals surface area contributed by atoms with Gasteiger partial charge in [0.2, 0.25) is 5.78 Å². The minimum Gasteiger partial charge on any atom is -0.503 e. The standard InChI is InChI=1S/C24H30N2O6/c1-5-30-17-11-10-16(15-19(17)31-6-2)21-20(22(27)18-9-7-14-32-18)23(28)24(29)26(21)13-8-12-25(3)4/h7,9-11,14-15,21,28H,5-6,8,12-13H2,1-4H3/t21-/m0/s1. The summed E-state index contributed by atoms with van der Waals surface area (Å²) in [5.41, 5.74) is 0.649. The van der Waals surface area contributed by atoms with Gasteiger partial charge in [-0.1, -0.05) is 6.07 Å². The summed E-state index contributed by atoms with van der Waals surface area (Å²) in [6.45, 7) is 5.78. The number of aliphatic hydroxyl groups excluding tert-OH is 1. The highest BCUT2D eigenvalue weighted by Crippen LogP contribution is 2.41. The number of ether oxygens (including phenoxy) is 2. The van der Waals surface area contributed by atoms with E-state index in [1.54, 1.807) is 24.3 Å². The van der Waals surface area contributed by atoms with E-state index in [-0.39, 0.29) is 11.3 Å². The van der Waals surface area contributed by atoms with E-state index < -0.39 is 23.5 Å². The summed E-state index contributed by atoms with van der Waals surface area (Å²) in [6, 6.07) is 7.66. The average Bonchev–Trinajstić information content (AvgIpc) is 3.38. The Morgan fingerprint density at radius 3 is 2.50 bits per heavy atom. The third kappa shape index (κ3) is 4.80. The molecule has 0 radical (unpaired) electrons. The second kappa shape index (κ2) is 10.4. The highest BCUT2D eigenvalue weighted by atomic mass is 16.5. The predicted molar refractivity (Wildman–Crippen MR) is 119 cm³/mol. The Bertz CT molecular complexity index is 980. The maximum atomic E-state index is 13.2. The van der Waals surface area contributed by atoms with E-state index >= 15 is 0 Å². The van der Waals surface area contributed by atoms with Crippen LogP contribution in [0, 0.1) is 0 Å². The lowest BCUT2D eigenvalue weighted by molar-refractivity contribution is -0.129. The molecular weight excluding hydrogens is 412 g/mol. The van der Waals surface area contributed by atoms with Gasteiger partial charge in [0.15, 0.2) is 23.0 Å². The molecule has 3 rings (SSSR count). The van der Waals surface area contributed by atoms with Crippen molar-refractivity contribution in [3.63, 3.8) is 0 Å². The monoisotopic (exact) mass is 442 g/mol. The zero-order chi connectivity index (χ0) is 23.3. The van der Waals surface area contributed by atoms with Gasteiger partial charge >= 0.3 is 0 Å². The fourth-order valence-corrected chi connectivity index (χ4v) is 3.80. The number of rotatable bonds is 11. The van der Waals surface area contributed by atoms with E-state index in [2.05, 4.69) is 0 Å². The molecule has 1 amide bonds. The molecule has 0 unspecified atom stereocenters. The van der Waals surface area contributed by atoms with Gasteiger partial charge in [0.1, 0.15) is 0 Å². The zero-order valence-electron chi connectivity index (χ0n) is 19.0. The van der Waals surface area contributed by atoms with Gasteiger partial charge in [0.05, 0.1) is 31.1 Å². The van der Waals surface area contributed by atoms with Crippen LogP contribution in [-0.4, -0.2) is 67.0 Å². The van der Waals surface area contributed by atoms with Gasteiger partial charge in [-0.2, -0.15) is 0 Å². The number of carbonyl (C=O) groups excluding carboxylic acids is 2. The number of Topliss-reactive ketones (excluding diaryl/α,β-unsaturated/α-hetero) is 1. The summed E-state index contributed by atoms with van der Waals surface area (Å²) in [5, 5.41) is 10.7. The van der Waals surface area contributed by atoms with Crippen LogP contribution in [-0.2, 0) is 4.79 Å². The Labute approximate surface area is 188 Å². The van der Waals surface area contributed by atoms with Crippen LogP contribution < -0.4 is 9.47 Å². The molecule has 1 aliphatic rings. The van der Waals surface area contributed by atoms with E-state index in [9.17, 15) is 14.7 Å². The molecule has 0 bridgehead atoms. The smallest absolute Gasteiger partial charge is 0.290 e. The molecule has 0 spiro atoms. The number of hydrogen-bond donors (Lipinski definition) is 1. The fourth-order valence-electron chi connectivity index (χ4n) is 3.80. The quantitative estimate of drug-likeness (QED) is 0.532. The lowest BCUT2D eigenvalue weighted by Crippen LogP contribution is -2.33. The number of amides is 1. The van der Waals surface area contributed by atoms with Crippen molar-refractivity contribution >= 4 is 11.7 Å². The van der Waals surface area contributed by atoms with E-state index in [4.69, 9.17) is 13.9 Å². The van der Waals surface area contributed by atoms with Crippen molar-refractivity contribution in [3.05, 3.63) is 59.3 Å². The molecule has 8 heteroatoms. The molecule has 2 heterocycles. The minimum atomic E-state index is -0.767. The summed E-state index contributed by atoms with van der Waals surface area (Å²) in [6.07, 6.45) is 2.07. The molecule has 0 saturated carbocycles. The normalized spacial score (nSPS) is 16.2. The van der Waals surface area contributed by atoms with Crippen LogP contribution in [0.15, 0.2) is 52.3 Å². The van der Waals surface area contributed by atoms with Crippen LogP contribution in [0.1, 0.15) is 42.4 Å². The summed E-state index contributed by atoms with van der Waals surface area (Å²) in [7, 11) is 3.90. The number of ketones is 1. The number of nitrogens with zero attached hydrogens (tertiary/aromatic N) is 2. The Balaban J connectivity index is 2.05. The molecule has 1 aromatic heterocycles. The van der Waals surface area contributed by atoms with Crippen molar-refractivity contribution < 1.29 is 28.6 Å². The lowest BCUT2D eigenvalue weighted by atomic mass is 9.94. The first kappa shape index (κ1) is 23.4. The summed E-state index contributed by atoms with van der Waals surface area (Å²) in [5.74, 6) is -0.482. The summed E-state index contributed by atoms with van der Waals surface area (Å²) < 4.78 is 16.6. The van der Waals surface area contributed by atoms with Crippen LogP contribution in [0.5, 0.6) is 11.5 Å². The molecule has 172 valence electrons. The zero-order valence-corrected chi connectivity index (χ0v) is 19.0. The van der Waals surface area contributed by atoms with E-state index in [0.29, 0.717) is 43.2 Å². The Morgan fingerprint density at radius 2 is 1.88 bits per heavy atom. The van der Waals surface area contributed by atoms with Crippen molar-refractivity contribution in [1.29, 1.82) is 0 Å². The Hall–Kier alpha value is -3.26. The van der Waals surface area contributed by atoms with Crippen LogP contribution in [0.2, 0.25) is 0 Å². The van der Waals surface area contributed by atoms with Crippen molar-refractivity contribution in [2.24, 2.45) is 0 Å². The maximum absolute atomic E-state index is 13.2. The largest absolute Gasteiger partial charge is 0.503 e. The molecule has 0 saturated heterocycles. The van der Waals surface area contributed by atoms with Gasteiger partial charge in [0.25, 0.3) is 5.91 Å². The molecule has 1 N–H and O–H groups in total. The Morgan fingerprint density at radius 1 is 1.16 bits per heavy atom.